The second-order valence-corrected chi connectivity index (χ2v) is 18.9. The Kier molecular flexibility index (Phi) is 21.1. The fraction of sp³-hybridized carbons (Fsp3) is 0.491. The van der Waals surface area contributed by atoms with E-state index >= 15 is 0 Å². The SMILES string of the molecule is C=CC(=O)OCCCCCCOc1ccc(OC(=O)C2CCC(C(=O)Oc3ccc(C4CCC(CCC)CC4)cc3/C=N/N(CCCCCCOC(=O)C=C)c3nc4ccccc4s3)CC2)cc1. The van der Waals surface area contributed by atoms with Gasteiger partial charge in [0.25, 0.3) is 0 Å². The van der Waals surface area contributed by atoms with E-state index < -0.39 is 11.9 Å². The highest BCUT2D eigenvalue weighted by atomic mass is 32.1. The minimum absolute atomic E-state index is 0.297. The largest absolute Gasteiger partial charge is 0.494 e. The molecule has 12 nitrogen and oxygen atoms in total. The van der Waals surface area contributed by atoms with Crippen LogP contribution in [0.25, 0.3) is 10.2 Å². The lowest BCUT2D eigenvalue weighted by molar-refractivity contribution is -0.145. The highest BCUT2D eigenvalue weighted by Gasteiger charge is 2.33. The molecule has 0 spiro atoms. The van der Waals surface area contributed by atoms with Crippen molar-refractivity contribution < 1.29 is 42.9 Å². The van der Waals surface area contributed by atoms with Gasteiger partial charge in [-0.15, -0.1) is 0 Å². The zero-order valence-electron chi connectivity index (χ0n) is 39.8. The van der Waals surface area contributed by atoms with Crippen molar-refractivity contribution in [1.82, 2.24) is 4.98 Å². The van der Waals surface area contributed by atoms with Gasteiger partial charge in [0.2, 0.25) is 5.13 Å². The first-order valence-electron chi connectivity index (χ1n) is 24.8. The zero-order valence-corrected chi connectivity index (χ0v) is 40.6. The number of thiazole rings is 1. The monoisotopic (exact) mass is 947 g/mol. The summed E-state index contributed by atoms with van der Waals surface area (Å²) in [7, 11) is 0. The fourth-order valence-electron chi connectivity index (χ4n) is 9.00. The summed E-state index contributed by atoms with van der Waals surface area (Å²) in [5, 5.41) is 7.78. The fourth-order valence-corrected chi connectivity index (χ4v) is 9.95. The maximum absolute atomic E-state index is 13.9. The average Bonchev–Trinajstić information content (AvgIpc) is 3.81. The van der Waals surface area contributed by atoms with Crippen LogP contribution in [0.5, 0.6) is 17.2 Å². The molecule has 4 aromatic rings. The number of esters is 4. The summed E-state index contributed by atoms with van der Waals surface area (Å²) in [6.45, 7) is 11.1. The van der Waals surface area contributed by atoms with Gasteiger partial charge in [-0.05, 0) is 162 Å². The molecule has 0 amide bonds. The van der Waals surface area contributed by atoms with Crippen molar-refractivity contribution >= 4 is 56.8 Å². The Balaban J connectivity index is 1.05. The number of anilines is 1. The Morgan fingerprint density at radius 3 is 1.94 bits per heavy atom. The van der Waals surface area contributed by atoms with Crippen molar-refractivity contribution in [3.05, 3.63) is 103 Å². The lowest BCUT2D eigenvalue weighted by Gasteiger charge is -2.29. The standard InChI is InChI=1S/C55H69N3O9S/c1-4-17-40-20-22-41(23-21-40)44-28-33-49(45(38-44)39-56-58(34-13-7-8-15-36-64-51(59)5-2)55-57-48-18-11-12-19-50(48)68-55)67-54(62)43-26-24-42(25-27-43)53(61)66-47-31-29-46(30-32-47)63-35-14-9-10-16-37-65-52(60)6-3/h5-6,11-12,18-19,28-33,38-43H,2-4,7-10,13-17,20-27,34-37H2,1H3/b56-39+. The zero-order chi connectivity index (χ0) is 47.9. The van der Waals surface area contributed by atoms with Gasteiger partial charge >= 0.3 is 23.9 Å². The van der Waals surface area contributed by atoms with Crippen LogP contribution in [-0.2, 0) is 28.7 Å². The van der Waals surface area contributed by atoms with Crippen LogP contribution in [0.3, 0.4) is 0 Å². The van der Waals surface area contributed by atoms with Gasteiger partial charge in [-0.25, -0.2) is 19.6 Å². The molecule has 0 aliphatic heterocycles. The summed E-state index contributed by atoms with van der Waals surface area (Å²) < 4.78 is 29.1. The van der Waals surface area contributed by atoms with Crippen LogP contribution in [0.2, 0.25) is 0 Å². The first-order valence-corrected chi connectivity index (χ1v) is 25.6. The number of hydrogen-bond donors (Lipinski definition) is 0. The number of hydrazone groups is 1. The number of carbonyl (C=O) groups excluding carboxylic acids is 4. The van der Waals surface area contributed by atoms with Gasteiger partial charge in [-0.2, -0.15) is 5.10 Å². The number of carbonyl (C=O) groups is 4. The molecule has 0 N–H and O–H groups in total. The van der Waals surface area contributed by atoms with Gasteiger partial charge in [-0.3, -0.25) is 9.59 Å². The van der Waals surface area contributed by atoms with Crippen LogP contribution in [0, 0.1) is 17.8 Å². The normalized spacial score (nSPS) is 18.1. The molecule has 3 aromatic carbocycles. The van der Waals surface area contributed by atoms with Crippen molar-refractivity contribution in [3.63, 3.8) is 0 Å². The predicted molar refractivity (Wildman–Crippen MR) is 269 cm³/mol. The van der Waals surface area contributed by atoms with E-state index in [2.05, 4.69) is 38.3 Å². The number of fused-ring (bicyclic) bond motifs is 1. The van der Waals surface area contributed by atoms with Crippen LogP contribution < -0.4 is 19.2 Å². The smallest absolute Gasteiger partial charge is 0.330 e. The van der Waals surface area contributed by atoms with Crippen LogP contribution in [0.4, 0.5) is 5.13 Å². The minimum atomic E-state index is -0.404. The van der Waals surface area contributed by atoms with Crippen LogP contribution in [0.1, 0.15) is 140 Å². The molecule has 2 fully saturated rings. The molecule has 2 aliphatic rings. The number of rotatable bonds is 27. The number of nitrogens with zero attached hydrogens (tertiary/aromatic N) is 3. The number of ether oxygens (including phenoxy) is 5. The minimum Gasteiger partial charge on any atom is -0.494 e. The first kappa shape index (κ1) is 51.6. The second kappa shape index (κ2) is 27.9. The third-order valence-electron chi connectivity index (χ3n) is 12.9. The molecule has 2 aliphatic carbocycles. The van der Waals surface area contributed by atoms with Crippen molar-refractivity contribution in [2.45, 2.75) is 128 Å². The van der Waals surface area contributed by atoms with E-state index in [1.807, 2.05) is 35.5 Å². The van der Waals surface area contributed by atoms with E-state index in [0.717, 1.165) is 91.0 Å². The van der Waals surface area contributed by atoms with E-state index in [9.17, 15) is 19.2 Å². The molecule has 364 valence electrons. The highest BCUT2D eigenvalue weighted by Crippen LogP contribution is 2.39. The topological polar surface area (TPSA) is 143 Å². The Labute approximate surface area is 406 Å². The van der Waals surface area contributed by atoms with Gasteiger partial charge in [0.05, 0.1) is 48.1 Å². The number of hydrogen-bond acceptors (Lipinski definition) is 13. The number of para-hydroxylation sites is 1. The molecule has 0 atom stereocenters. The average molecular weight is 948 g/mol. The third kappa shape index (κ3) is 16.5. The molecule has 1 heterocycles. The van der Waals surface area contributed by atoms with E-state index in [0.29, 0.717) is 75.2 Å². The summed E-state index contributed by atoms with van der Waals surface area (Å²) in [6, 6.07) is 21.3. The Hall–Kier alpha value is -5.82. The van der Waals surface area contributed by atoms with E-state index in [1.165, 1.54) is 43.4 Å². The summed E-state index contributed by atoms with van der Waals surface area (Å²) >= 11 is 1.59. The molecule has 0 bridgehead atoms. The van der Waals surface area contributed by atoms with E-state index in [1.54, 1.807) is 35.6 Å². The molecule has 0 unspecified atom stereocenters. The van der Waals surface area contributed by atoms with E-state index in [4.69, 9.17) is 33.8 Å². The lowest BCUT2D eigenvalue weighted by atomic mass is 9.77. The maximum Gasteiger partial charge on any atom is 0.330 e. The third-order valence-corrected chi connectivity index (χ3v) is 14.0. The van der Waals surface area contributed by atoms with Crippen LogP contribution >= 0.6 is 11.3 Å². The Morgan fingerprint density at radius 2 is 1.31 bits per heavy atom. The highest BCUT2D eigenvalue weighted by molar-refractivity contribution is 7.22. The summed E-state index contributed by atoms with van der Waals surface area (Å²) in [5.74, 6) is 0.783. The van der Waals surface area contributed by atoms with E-state index in [-0.39, 0.29) is 23.8 Å². The molecule has 68 heavy (non-hydrogen) atoms. The van der Waals surface area contributed by atoms with Crippen LogP contribution in [-0.4, -0.2) is 61.4 Å². The molecule has 13 heteroatoms. The van der Waals surface area contributed by atoms with Gasteiger partial charge in [0.15, 0.2) is 0 Å². The summed E-state index contributed by atoms with van der Waals surface area (Å²) in [5.41, 5.74) is 2.90. The van der Waals surface area contributed by atoms with Crippen molar-refractivity contribution in [3.8, 4) is 17.2 Å². The second-order valence-electron chi connectivity index (χ2n) is 17.9. The van der Waals surface area contributed by atoms with Crippen molar-refractivity contribution in [1.29, 1.82) is 0 Å². The molecular formula is C55H69N3O9S. The van der Waals surface area contributed by atoms with Crippen molar-refractivity contribution in [2.75, 3.05) is 31.4 Å². The Bertz CT molecular complexity index is 2240. The quantitative estimate of drug-likeness (QED) is 0.0141. The molecule has 0 saturated heterocycles. The van der Waals surface area contributed by atoms with Gasteiger partial charge in [-0.1, -0.05) is 68.9 Å². The number of unbranched alkanes of at least 4 members (excludes halogenated alkanes) is 6. The maximum atomic E-state index is 13.9. The molecule has 2 saturated carbocycles. The molecule has 6 rings (SSSR count). The van der Waals surface area contributed by atoms with Gasteiger partial charge < -0.3 is 23.7 Å². The molecule has 0 radical (unpaired) electrons. The van der Waals surface area contributed by atoms with Gasteiger partial charge in [0.1, 0.15) is 17.2 Å². The first-order chi connectivity index (χ1) is 33.2. The van der Waals surface area contributed by atoms with Crippen LogP contribution in [0.15, 0.2) is 97.1 Å². The lowest BCUT2D eigenvalue weighted by Crippen LogP contribution is -2.30. The number of benzene rings is 3. The molecule has 1 aromatic heterocycles. The summed E-state index contributed by atoms with van der Waals surface area (Å²) in [4.78, 5) is 54.6. The molecular weight excluding hydrogens is 879 g/mol. The summed E-state index contributed by atoms with van der Waals surface area (Å²) in [6.07, 6.45) is 20.5. The van der Waals surface area contributed by atoms with Crippen molar-refractivity contribution in [2.24, 2.45) is 22.9 Å². The van der Waals surface area contributed by atoms with Gasteiger partial charge in [0, 0.05) is 24.3 Å². The Morgan fingerprint density at radius 1 is 0.706 bits per heavy atom. The predicted octanol–water partition coefficient (Wildman–Crippen LogP) is 12.5. The number of aromatic nitrogens is 1.